The van der Waals surface area contributed by atoms with Crippen molar-refractivity contribution in [1.82, 2.24) is 5.32 Å². The van der Waals surface area contributed by atoms with E-state index in [-0.39, 0.29) is 24.7 Å². The number of hydrogen-bond acceptors (Lipinski definition) is 3. The van der Waals surface area contributed by atoms with Crippen LogP contribution in [0.15, 0.2) is 24.3 Å². The van der Waals surface area contributed by atoms with E-state index in [0.717, 1.165) is 6.42 Å². The molecule has 0 aromatic heterocycles. The second-order valence-corrected chi connectivity index (χ2v) is 4.77. The van der Waals surface area contributed by atoms with Crippen LogP contribution in [0, 0.1) is 11.8 Å². The first-order valence-electron chi connectivity index (χ1n) is 6.83. The smallest absolute Gasteiger partial charge is 0.252 e. The number of amides is 1. The molecule has 0 radical (unpaired) electrons. The van der Waals surface area contributed by atoms with Crippen molar-refractivity contribution in [2.24, 2.45) is 0 Å². The molecule has 1 heterocycles. The molecular weight excluding hydrogens is 254 g/mol. The highest BCUT2D eigenvalue weighted by Crippen LogP contribution is 2.14. The van der Waals surface area contributed by atoms with Gasteiger partial charge in [-0.05, 0) is 25.5 Å². The summed E-state index contributed by atoms with van der Waals surface area (Å²) < 4.78 is 5.44. The number of carbonyl (C=O) groups excluding carboxylic acids is 1. The second-order valence-electron chi connectivity index (χ2n) is 4.77. The van der Waals surface area contributed by atoms with Crippen molar-refractivity contribution in [3.05, 3.63) is 35.4 Å². The fourth-order valence-corrected chi connectivity index (χ4v) is 2.17. The van der Waals surface area contributed by atoms with Crippen LogP contribution in [0.5, 0.6) is 0 Å². The zero-order valence-corrected chi connectivity index (χ0v) is 11.6. The largest absolute Gasteiger partial charge is 0.395 e. The van der Waals surface area contributed by atoms with Gasteiger partial charge in [0.05, 0.1) is 24.3 Å². The SMILES string of the molecule is CC1OCCC1NC(=O)c1ccccc1C#CCCO. The predicted octanol–water partition coefficient (Wildman–Crippen LogP) is 1.33. The maximum absolute atomic E-state index is 12.3. The third-order valence-electron chi connectivity index (χ3n) is 3.32. The molecular formula is C16H19NO3. The summed E-state index contributed by atoms with van der Waals surface area (Å²) in [4.78, 5) is 12.3. The Morgan fingerprint density at radius 3 is 3.00 bits per heavy atom. The topological polar surface area (TPSA) is 58.6 Å². The summed E-state index contributed by atoms with van der Waals surface area (Å²) in [6.45, 7) is 2.67. The Morgan fingerprint density at radius 1 is 1.50 bits per heavy atom. The highest BCUT2D eigenvalue weighted by Gasteiger charge is 2.26. The third-order valence-corrected chi connectivity index (χ3v) is 3.32. The van der Waals surface area contributed by atoms with Crippen molar-refractivity contribution < 1.29 is 14.6 Å². The number of aliphatic hydroxyl groups excluding tert-OH is 1. The summed E-state index contributed by atoms with van der Waals surface area (Å²) in [6, 6.07) is 7.30. The van der Waals surface area contributed by atoms with Gasteiger partial charge >= 0.3 is 0 Å². The molecule has 2 atom stereocenters. The molecule has 1 fully saturated rings. The molecule has 0 spiro atoms. The lowest BCUT2D eigenvalue weighted by Crippen LogP contribution is -2.39. The molecule has 1 aromatic rings. The monoisotopic (exact) mass is 273 g/mol. The van der Waals surface area contributed by atoms with E-state index in [1.165, 1.54) is 0 Å². The number of benzene rings is 1. The lowest BCUT2D eigenvalue weighted by Gasteiger charge is -2.16. The minimum absolute atomic E-state index is 0.0261. The summed E-state index contributed by atoms with van der Waals surface area (Å²) in [5.41, 5.74) is 1.25. The molecule has 1 aliphatic heterocycles. The lowest BCUT2D eigenvalue weighted by atomic mass is 10.1. The summed E-state index contributed by atoms with van der Waals surface area (Å²) in [5.74, 6) is 5.65. The quantitative estimate of drug-likeness (QED) is 0.817. The molecule has 2 rings (SSSR count). The zero-order valence-electron chi connectivity index (χ0n) is 11.6. The van der Waals surface area contributed by atoms with Crippen LogP contribution >= 0.6 is 0 Å². The molecule has 1 aromatic carbocycles. The number of aliphatic hydroxyl groups is 1. The Kier molecular flexibility index (Phi) is 5.16. The van der Waals surface area contributed by atoms with E-state index < -0.39 is 0 Å². The summed E-state index contributed by atoms with van der Waals surface area (Å²) >= 11 is 0. The number of ether oxygens (including phenoxy) is 1. The Hall–Kier alpha value is -1.83. The normalized spacial score (nSPS) is 21.1. The van der Waals surface area contributed by atoms with Crippen LogP contribution in [0.1, 0.15) is 35.7 Å². The van der Waals surface area contributed by atoms with Crippen molar-refractivity contribution in [2.75, 3.05) is 13.2 Å². The molecule has 106 valence electrons. The minimum Gasteiger partial charge on any atom is -0.395 e. The van der Waals surface area contributed by atoms with Gasteiger partial charge in [-0.1, -0.05) is 24.0 Å². The van der Waals surface area contributed by atoms with E-state index in [2.05, 4.69) is 17.2 Å². The maximum Gasteiger partial charge on any atom is 0.252 e. The highest BCUT2D eigenvalue weighted by atomic mass is 16.5. The molecule has 0 bridgehead atoms. The van der Waals surface area contributed by atoms with Gasteiger partial charge in [-0.2, -0.15) is 0 Å². The van der Waals surface area contributed by atoms with Crippen molar-refractivity contribution >= 4 is 5.91 Å². The van der Waals surface area contributed by atoms with E-state index in [0.29, 0.717) is 24.2 Å². The predicted molar refractivity (Wildman–Crippen MR) is 76.3 cm³/mol. The van der Waals surface area contributed by atoms with E-state index in [1.807, 2.05) is 25.1 Å². The van der Waals surface area contributed by atoms with Gasteiger partial charge in [0.25, 0.3) is 5.91 Å². The van der Waals surface area contributed by atoms with Gasteiger partial charge in [0.2, 0.25) is 0 Å². The molecule has 1 amide bonds. The van der Waals surface area contributed by atoms with Gasteiger partial charge in [-0.15, -0.1) is 0 Å². The average molecular weight is 273 g/mol. The Bertz CT molecular complexity index is 530. The van der Waals surface area contributed by atoms with Gasteiger partial charge in [0.15, 0.2) is 0 Å². The van der Waals surface area contributed by atoms with Crippen LogP contribution in [-0.2, 0) is 4.74 Å². The van der Waals surface area contributed by atoms with Crippen molar-refractivity contribution in [3.63, 3.8) is 0 Å². The van der Waals surface area contributed by atoms with Gasteiger partial charge in [0.1, 0.15) is 0 Å². The van der Waals surface area contributed by atoms with Crippen molar-refractivity contribution in [2.45, 2.75) is 31.9 Å². The van der Waals surface area contributed by atoms with Gasteiger partial charge in [-0.3, -0.25) is 4.79 Å². The number of carbonyl (C=O) groups is 1. The fourth-order valence-electron chi connectivity index (χ4n) is 2.17. The zero-order chi connectivity index (χ0) is 14.4. The third kappa shape index (κ3) is 3.60. The molecule has 20 heavy (non-hydrogen) atoms. The Labute approximate surface area is 119 Å². The first-order chi connectivity index (χ1) is 9.72. The molecule has 1 aliphatic rings. The van der Waals surface area contributed by atoms with Crippen LogP contribution in [0.3, 0.4) is 0 Å². The first kappa shape index (κ1) is 14.6. The molecule has 4 nitrogen and oxygen atoms in total. The minimum atomic E-state index is -0.124. The summed E-state index contributed by atoms with van der Waals surface area (Å²) in [7, 11) is 0. The van der Waals surface area contributed by atoms with E-state index in [9.17, 15) is 4.79 Å². The molecule has 2 unspecified atom stereocenters. The van der Waals surface area contributed by atoms with Crippen LogP contribution in [-0.4, -0.2) is 36.4 Å². The maximum atomic E-state index is 12.3. The second kappa shape index (κ2) is 7.09. The number of rotatable bonds is 3. The number of hydrogen-bond donors (Lipinski definition) is 2. The van der Waals surface area contributed by atoms with E-state index >= 15 is 0 Å². The Balaban J connectivity index is 2.11. The molecule has 0 saturated carbocycles. The van der Waals surface area contributed by atoms with Crippen LogP contribution < -0.4 is 5.32 Å². The van der Waals surface area contributed by atoms with E-state index in [4.69, 9.17) is 9.84 Å². The fraction of sp³-hybridized carbons (Fsp3) is 0.438. The standard InChI is InChI=1S/C16H19NO3/c1-12-15(9-11-20-12)17-16(19)14-8-3-2-6-13(14)7-4-5-10-18/h2-3,6,8,12,15,18H,5,9-11H2,1H3,(H,17,19). The first-order valence-corrected chi connectivity index (χ1v) is 6.83. The van der Waals surface area contributed by atoms with Crippen molar-refractivity contribution in [1.29, 1.82) is 0 Å². The molecule has 0 aliphatic carbocycles. The van der Waals surface area contributed by atoms with Gasteiger partial charge in [0, 0.05) is 18.6 Å². The van der Waals surface area contributed by atoms with Crippen LogP contribution in [0.25, 0.3) is 0 Å². The van der Waals surface area contributed by atoms with E-state index in [1.54, 1.807) is 6.07 Å². The highest BCUT2D eigenvalue weighted by molar-refractivity contribution is 5.96. The molecule has 2 N–H and O–H groups in total. The van der Waals surface area contributed by atoms with Crippen LogP contribution in [0.2, 0.25) is 0 Å². The summed E-state index contributed by atoms with van der Waals surface area (Å²) in [6.07, 6.45) is 1.29. The lowest BCUT2D eigenvalue weighted by molar-refractivity contribution is 0.0866. The number of nitrogens with one attached hydrogen (secondary N) is 1. The molecule has 4 heteroatoms. The summed E-state index contributed by atoms with van der Waals surface area (Å²) in [5, 5.41) is 11.7. The molecule has 1 saturated heterocycles. The van der Waals surface area contributed by atoms with Crippen LogP contribution in [0.4, 0.5) is 0 Å². The van der Waals surface area contributed by atoms with Gasteiger partial charge in [-0.25, -0.2) is 0 Å². The van der Waals surface area contributed by atoms with Crippen molar-refractivity contribution in [3.8, 4) is 11.8 Å². The average Bonchev–Trinajstić information content (AvgIpc) is 2.85. The van der Waals surface area contributed by atoms with Gasteiger partial charge < -0.3 is 15.2 Å². The Morgan fingerprint density at radius 2 is 2.30 bits per heavy atom.